The predicted octanol–water partition coefficient (Wildman–Crippen LogP) is 4.51. The van der Waals surface area contributed by atoms with E-state index in [4.69, 9.17) is 27.9 Å². The summed E-state index contributed by atoms with van der Waals surface area (Å²) in [5.74, 6) is -0.745. The Morgan fingerprint density at radius 2 is 1.55 bits per heavy atom. The van der Waals surface area contributed by atoms with E-state index in [2.05, 4.69) is 0 Å². The van der Waals surface area contributed by atoms with Gasteiger partial charge in [0.05, 0.1) is 18.9 Å². The van der Waals surface area contributed by atoms with Crippen LogP contribution >= 0.6 is 35.0 Å². The van der Waals surface area contributed by atoms with Crippen molar-refractivity contribution >= 4 is 52.5 Å². The Morgan fingerprint density at radius 3 is 2.17 bits per heavy atom. The average Bonchev–Trinajstić information content (AvgIpc) is 2.93. The van der Waals surface area contributed by atoms with Crippen molar-refractivity contribution < 1.29 is 14.3 Å². The summed E-state index contributed by atoms with van der Waals surface area (Å²) in [4.78, 5) is 31.1. The van der Waals surface area contributed by atoms with Gasteiger partial charge in [0.1, 0.15) is 10.6 Å². The molecule has 2 aliphatic heterocycles. The zero-order chi connectivity index (χ0) is 20.5. The average molecular weight is 449 g/mol. The van der Waals surface area contributed by atoms with Gasteiger partial charge in [-0.25, -0.2) is 4.90 Å². The maximum absolute atomic E-state index is 13.4. The summed E-state index contributed by atoms with van der Waals surface area (Å²) >= 11 is 13.5. The molecule has 4 rings (SSSR count). The Hall–Kier alpha value is -1.99. The highest BCUT2D eigenvalue weighted by atomic mass is 35.5. The van der Waals surface area contributed by atoms with Crippen molar-refractivity contribution in [2.45, 2.75) is 11.8 Å². The Balaban J connectivity index is 1.75. The number of carbonyl (C=O) groups excluding carboxylic acids is 2. The van der Waals surface area contributed by atoms with Crippen LogP contribution in [0.4, 0.5) is 5.69 Å². The Bertz CT molecular complexity index is 981. The summed E-state index contributed by atoms with van der Waals surface area (Å²) in [6.07, 6.45) is 0. The second-order valence-electron chi connectivity index (χ2n) is 6.77. The number of nitrogens with zero attached hydrogens (tertiary/aromatic N) is 2. The molecular formula is C21H18Cl2N2O3S. The van der Waals surface area contributed by atoms with E-state index in [0.29, 0.717) is 52.6 Å². The van der Waals surface area contributed by atoms with E-state index in [0.717, 1.165) is 15.4 Å². The molecular weight excluding hydrogens is 431 g/mol. The number of morpholine rings is 1. The Kier molecular flexibility index (Phi) is 5.88. The molecule has 2 amide bonds. The van der Waals surface area contributed by atoms with Crippen LogP contribution in [0.2, 0.25) is 10.0 Å². The Morgan fingerprint density at radius 1 is 0.931 bits per heavy atom. The fourth-order valence-electron chi connectivity index (χ4n) is 3.28. The van der Waals surface area contributed by atoms with Crippen LogP contribution in [0, 0.1) is 6.92 Å². The minimum Gasteiger partial charge on any atom is -0.378 e. The van der Waals surface area contributed by atoms with Crippen LogP contribution in [-0.4, -0.2) is 43.0 Å². The van der Waals surface area contributed by atoms with E-state index >= 15 is 0 Å². The van der Waals surface area contributed by atoms with Crippen molar-refractivity contribution in [1.82, 2.24) is 4.90 Å². The number of thioether (sulfide) groups is 1. The lowest BCUT2D eigenvalue weighted by Gasteiger charge is -2.29. The number of amides is 2. The van der Waals surface area contributed by atoms with Gasteiger partial charge in [-0.3, -0.25) is 9.59 Å². The molecule has 150 valence electrons. The van der Waals surface area contributed by atoms with Crippen molar-refractivity contribution in [3.63, 3.8) is 0 Å². The number of anilines is 1. The summed E-state index contributed by atoms with van der Waals surface area (Å²) < 4.78 is 5.42. The second-order valence-corrected chi connectivity index (χ2v) is 8.72. The summed E-state index contributed by atoms with van der Waals surface area (Å²) in [6.45, 7) is 4.13. The van der Waals surface area contributed by atoms with Crippen molar-refractivity contribution in [2.24, 2.45) is 0 Å². The number of aryl methyl sites for hydroxylation is 1. The molecule has 8 heteroatoms. The molecule has 1 fully saturated rings. The number of hydrogen-bond donors (Lipinski definition) is 0. The zero-order valence-electron chi connectivity index (χ0n) is 15.7. The SMILES string of the molecule is Cc1ccc(SC2=C(N3CCOCC3)C(=O)N(c3cc(Cl)cc(Cl)c3)C2=O)cc1. The van der Waals surface area contributed by atoms with Crippen molar-refractivity contribution in [2.75, 3.05) is 31.2 Å². The topological polar surface area (TPSA) is 49.9 Å². The third kappa shape index (κ3) is 4.16. The van der Waals surface area contributed by atoms with Crippen LogP contribution in [0.15, 0.2) is 58.0 Å². The summed E-state index contributed by atoms with van der Waals surface area (Å²) in [6, 6.07) is 12.6. The number of rotatable bonds is 4. The van der Waals surface area contributed by atoms with Gasteiger partial charge in [0, 0.05) is 28.0 Å². The van der Waals surface area contributed by atoms with Crippen LogP contribution in [-0.2, 0) is 14.3 Å². The quantitative estimate of drug-likeness (QED) is 0.643. The van der Waals surface area contributed by atoms with Crippen molar-refractivity contribution in [3.05, 3.63) is 68.7 Å². The number of hydrogen-bond acceptors (Lipinski definition) is 5. The second kappa shape index (κ2) is 8.40. The van der Waals surface area contributed by atoms with Gasteiger partial charge in [-0.1, -0.05) is 52.7 Å². The lowest BCUT2D eigenvalue weighted by atomic mass is 10.2. The molecule has 0 N–H and O–H groups in total. The molecule has 2 aromatic carbocycles. The fourth-order valence-corrected chi connectivity index (χ4v) is 4.80. The largest absolute Gasteiger partial charge is 0.378 e. The Labute approximate surface area is 183 Å². The minimum atomic E-state index is -0.375. The van der Waals surface area contributed by atoms with Gasteiger partial charge in [0.15, 0.2) is 0 Å². The molecule has 5 nitrogen and oxygen atoms in total. The van der Waals surface area contributed by atoms with Gasteiger partial charge in [-0.2, -0.15) is 0 Å². The maximum atomic E-state index is 13.4. The third-order valence-electron chi connectivity index (χ3n) is 4.69. The van der Waals surface area contributed by atoms with Crippen molar-refractivity contribution in [1.29, 1.82) is 0 Å². The van der Waals surface area contributed by atoms with E-state index in [1.807, 2.05) is 36.1 Å². The van der Waals surface area contributed by atoms with E-state index in [1.165, 1.54) is 11.8 Å². The van der Waals surface area contributed by atoms with Gasteiger partial charge in [-0.15, -0.1) is 0 Å². The first kappa shape index (κ1) is 20.3. The number of halogens is 2. The molecule has 29 heavy (non-hydrogen) atoms. The lowest BCUT2D eigenvalue weighted by Crippen LogP contribution is -2.40. The molecule has 2 heterocycles. The fraction of sp³-hybridized carbons (Fsp3) is 0.238. The predicted molar refractivity (Wildman–Crippen MR) is 115 cm³/mol. The van der Waals surface area contributed by atoms with E-state index in [-0.39, 0.29) is 11.8 Å². The molecule has 0 radical (unpaired) electrons. The first-order chi connectivity index (χ1) is 13.9. The monoisotopic (exact) mass is 448 g/mol. The van der Waals surface area contributed by atoms with E-state index < -0.39 is 0 Å². The van der Waals surface area contributed by atoms with Crippen LogP contribution in [0.5, 0.6) is 0 Å². The number of ether oxygens (including phenoxy) is 1. The summed E-state index contributed by atoms with van der Waals surface area (Å²) in [5.41, 5.74) is 1.89. The number of benzene rings is 2. The number of imide groups is 1. The van der Waals surface area contributed by atoms with Gasteiger partial charge in [0.25, 0.3) is 11.8 Å². The molecule has 0 aliphatic carbocycles. The molecule has 0 spiro atoms. The molecule has 0 saturated carbocycles. The van der Waals surface area contributed by atoms with Crippen LogP contribution in [0.3, 0.4) is 0 Å². The van der Waals surface area contributed by atoms with Crippen LogP contribution in [0.1, 0.15) is 5.56 Å². The number of carbonyl (C=O) groups is 2. The van der Waals surface area contributed by atoms with Gasteiger partial charge >= 0.3 is 0 Å². The van der Waals surface area contributed by atoms with Crippen LogP contribution in [0.25, 0.3) is 0 Å². The van der Waals surface area contributed by atoms with Gasteiger partial charge < -0.3 is 9.64 Å². The zero-order valence-corrected chi connectivity index (χ0v) is 18.0. The van der Waals surface area contributed by atoms with Gasteiger partial charge in [0.2, 0.25) is 0 Å². The lowest BCUT2D eigenvalue weighted by molar-refractivity contribution is -0.121. The molecule has 2 aromatic rings. The highest BCUT2D eigenvalue weighted by molar-refractivity contribution is 8.04. The standard InChI is InChI=1S/C21H18Cl2N2O3S/c1-13-2-4-17(5-3-13)29-19-18(24-6-8-28-9-7-24)20(26)25(21(19)27)16-11-14(22)10-15(23)12-16/h2-5,10-12H,6-9H2,1H3. The highest BCUT2D eigenvalue weighted by Gasteiger charge is 2.43. The third-order valence-corrected chi connectivity index (χ3v) is 6.21. The molecule has 1 saturated heterocycles. The normalized spacial score (nSPS) is 17.5. The van der Waals surface area contributed by atoms with E-state index in [1.54, 1.807) is 18.2 Å². The van der Waals surface area contributed by atoms with E-state index in [9.17, 15) is 9.59 Å². The summed E-state index contributed by atoms with van der Waals surface area (Å²) in [7, 11) is 0. The van der Waals surface area contributed by atoms with Crippen molar-refractivity contribution in [3.8, 4) is 0 Å². The molecule has 0 bridgehead atoms. The molecule has 0 unspecified atom stereocenters. The smallest absolute Gasteiger partial charge is 0.283 e. The van der Waals surface area contributed by atoms with Crippen LogP contribution < -0.4 is 4.90 Å². The highest BCUT2D eigenvalue weighted by Crippen LogP contribution is 2.40. The first-order valence-electron chi connectivity index (χ1n) is 9.10. The summed E-state index contributed by atoms with van der Waals surface area (Å²) in [5, 5.41) is 0.723. The molecule has 0 aromatic heterocycles. The maximum Gasteiger partial charge on any atom is 0.283 e. The molecule has 0 atom stereocenters. The minimum absolute atomic E-state index is 0.362. The first-order valence-corrected chi connectivity index (χ1v) is 10.7. The molecule has 2 aliphatic rings. The van der Waals surface area contributed by atoms with Gasteiger partial charge in [-0.05, 0) is 37.3 Å².